The molecule has 0 aliphatic heterocycles. The van der Waals surface area contributed by atoms with Gasteiger partial charge in [0.15, 0.2) is 0 Å². The highest BCUT2D eigenvalue weighted by molar-refractivity contribution is 5.69. The van der Waals surface area contributed by atoms with E-state index in [-0.39, 0.29) is 5.97 Å². The van der Waals surface area contributed by atoms with Crippen molar-refractivity contribution in [3.05, 3.63) is 29.8 Å². The fraction of sp³-hybridized carbons (Fsp3) is 0.533. The number of hydrogen-bond donors (Lipinski definition) is 1. The molecule has 0 amide bonds. The number of nitrogens with two attached hydrogens (primary N) is 1. The minimum absolute atomic E-state index is 0.153. The van der Waals surface area contributed by atoms with Crippen LogP contribution in [-0.2, 0) is 16.1 Å². The zero-order valence-electron chi connectivity index (χ0n) is 11.7. The molecule has 1 rings (SSSR count). The van der Waals surface area contributed by atoms with Crippen LogP contribution in [0.3, 0.4) is 0 Å². The third-order valence-electron chi connectivity index (χ3n) is 3.06. The maximum absolute atomic E-state index is 11.6. The molecular formula is C15H23NO3. The van der Waals surface area contributed by atoms with Crippen LogP contribution >= 0.6 is 0 Å². The molecule has 0 aliphatic carbocycles. The minimum atomic E-state index is -0.153. The summed E-state index contributed by atoms with van der Waals surface area (Å²) in [6, 6.07) is 7.49. The van der Waals surface area contributed by atoms with Gasteiger partial charge in [0.05, 0.1) is 7.11 Å². The van der Waals surface area contributed by atoms with Gasteiger partial charge in [-0.1, -0.05) is 19.1 Å². The molecule has 4 heteroatoms. The number of hydrogen-bond acceptors (Lipinski definition) is 4. The van der Waals surface area contributed by atoms with Gasteiger partial charge < -0.3 is 15.2 Å². The molecule has 0 saturated heterocycles. The lowest BCUT2D eigenvalue weighted by atomic mass is 10.0. The van der Waals surface area contributed by atoms with Crippen LogP contribution in [0, 0.1) is 5.92 Å². The van der Waals surface area contributed by atoms with Crippen molar-refractivity contribution in [3.8, 4) is 5.75 Å². The molecule has 0 saturated carbocycles. The van der Waals surface area contributed by atoms with Crippen molar-refractivity contribution in [2.75, 3.05) is 13.7 Å². The van der Waals surface area contributed by atoms with Gasteiger partial charge in [0.1, 0.15) is 12.4 Å². The number of methoxy groups -OCH3 is 1. The Labute approximate surface area is 114 Å². The molecule has 1 atom stereocenters. The largest absolute Gasteiger partial charge is 0.497 e. The second kappa shape index (κ2) is 8.53. The summed E-state index contributed by atoms with van der Waals surface area (Å²) in [5, 5.41) is 0. The standard InChI is InChI=1S/C15H23NO3/c1-12(9-10-16)3-8-15(17)19-11-13-4-6-14(18-2)7-5-13/h4-7,12H,3,8-11,16H2,1-2H3. The van der Waals surface area contributed by atoms with Crippen molar-refractivity contribution >= 4 is 5.97 Å². The molecule has 1 aromatic carbocycles. The Morgan fingerprint density at radius 2 is 1.95 bits per heavy atom. The van der Waals surface area contributed by atoms with Gasteiger partial charge in [0, 0.05) is 6.42 Å². The first-order valence-electron chi connectivity index (χ1n) is 6.64. The van der Waals surface area contributed by atoms with E-state index in [1.807, 2.05) is 24.3 Å². The average molecular weight is 265 g/mol. The predicted molar refractivity (Wildman–Crippen MR) is 74.9 cm³/mol. The van der Waals surface area contributed by atoms with Crippen LogP contribution in [0.25, 0.3) is 0 Å². The predicted octanol–water partition coefficient (Wildman–Crippen LogP) is 2.50. The van der Waals surface area contributed by atoms with Crippen LogP contribution in [-0.4, -0.2) is 19.6 Å². The molecule has 19 heavy (non-hydrogen) atoms. The summed E-state index contributed by atoms with van der Waals surface area (Å²) in [5.41, 5.74) is 6.43. The quantitative estimate of drug-likeness (QED) is 0.734. The molecule has 0 radical (unpaired) electrons. The summed E-state index contributed by atoms with van der Waals surface area (Å²) in [6.07, 6.45) is 2.24. The summed E-state index contributed by atoms with van der Waals surface area (Å²) >= 11 is 0. The number of benzene rings is 1. The van der Waals surface area contributed by atoms with Gasteiger partial charge in [0.2, 0.25) is 0 Å². The molecule has 1 unspecified atom stereocenters. The summed E-state index contributed by atoms with van der Waals surface area (Å²) < 4.78 is 10.3. The first kappa shape index (κ1) is 15.5. The Morgan fingerprint density at radius 3 is 2.53 bits per heavy atom. The van der Waals surface area contributed by atoms with E-state index >= 15 is 0 Å². The zero-order valence-corrected chi connectivity index (χ0v) is 11.7. The normalized spacial score (nSPS) is 11.9. The lowest BCUT2D eigenvalue weighted by Gasteiger charge is -2.09. The van der Waals surface area contributed by atoms with Gasteiger partial charge in [0.25, 0.3) is 0 Å². The molecular weight excluding hydrogens is 242 g/mol. The molecule has 106 valence electrons. The van der Waals surface area contributed by atoms with E-state index in [4.69, 9.17) is 15.2 Å². The highest BCUT2D eigenvalue weighted by Crippen LogP contribution is 2.13. The number of carbonyl (C=O) groups is 1. The summed E-state index contributed by atoms with van der Waals surface area (Å²) in [4.78, 5) is 11.6. The van der Waals surface area contributed by atoms with E-state index < -0.39 is 0 Å². The Kier molecular flexibility index (Phi) is 6.97. The van der Waals surface area contributed by atoms with E-state index in [1.165, 1.54) is 0 Å². The van der Waals surface area contributed by atoms with E-state index in [1.54, 1.807) is 7.11 Å². The molecule has 2 N–H and O–H groups in total. The summed E-state index contributed by atoms with van der Waals surface area (Å²) in [5.74, 6) is 1.11. The molecule has 0 aliphatic rings. The second-order valence-electron chi connectivity index (χ2n) is 4.73. The highest BCUT2D eigenvalue weighted by atomic mass is 16.5. The Hall–Kier alpha value is -1.55. The third-order valence-corrected chi connectivity index (χ3v) is 3.06. The van der Waals surface area contributed by atoms with Crippen LogP contribution in [0.15, 0.2) is 24.3 Å². The van der Waals surface area contributed by atoms with E-state index in [0.29, 0.717) is 25.5 Å². The third kappa shape index (κ3) is 6.25. The van der Waals surface area contributed by atoms with Gasteiger partial charge in [-0.3, -0.25) is 4.79 Å². The van der Waals surface area contributed by atoms with E-state index in [9.17, 15) is 4.79 Å². The number of carbonyl (C=O) groups excluding carboxylic acids is 1. The molecule has 0 bridgehead atoms. The Bertz CT molecular complexity index is 375. The van der Waals surface area contributed by atoms with Gasteiger partial charge in [-0.25, -0.2) is 0 Å². The van der Waals surface area contributed by atoms with Crippen molar-refractivity contribution < 1.29 is 14.3 Å². The fourth-order valence-corrected chi connectivity index (χ4v) is 1.75. The van der Waals surface area contributed by atoms with Crippen molar-refractivity contribution in [2.45, 2.75) is 32.8 Å². The molecule has 4 nitrogen and oxygen atoms in total. The van der Waals surface area contributed by atoms with Gasteiger partial charge >= 0.3 is 5.97 Å². The summed E-state index contributed by atoms with van der Waals surface area (Å²) in [6.45, 7) is 3.08. The smallest absolute Gasteiger partial charge is 0.306 e. The lowest BCUT2D eigenvalue weighted by Crippen LogP contribution is -2.10. The second-order valence-corrected chi connectivity index (χ2v) is 4.73. The van der Waals surface area contributed by atoms with Crippen molar-refractivity contribution in [2.24, 2.45) is 11.7 Å². The number of ether oxygens (including phenoxy) is 2. The maximum atomic E-state index is 11.6. The first-order chi connectivity index (χ1) is 9.15. The van der Waals surface area contributed by atoms with Crippen LogP contribution < -0.4 is 10.5 Å². The highest BCUT2D eigenvalue weighted by Gasteiger charge is 2.07. The Morgan fingerprint density at radius 1 is 1.26 bits per heavy atom. The molecule has 0 spiro atoms. The SMILES string of the molecule is COc1ccc(COC(=O)CCC(C)CCN)cc1. The molecule has 0 heterocycles. The monoisotopic (exact) mass is 265 g/mol. The van der Waals surface area contributed by atoms with E-state index in [2.05, 4.69) is 6.92 Å². The van der Waals surface area contributed by atoms with Gasteiger partial charge in [-0.2, -0.15) is 0 Å². The number of esters is 1. The van der Waals surface area contributed by atoms with Gasteiger partial charge in [-0.05, 0) is 43.0 Å². The lowest BCUT2D eigenvalue weighted by molar-refractivity contribution is -0.145. The van der Waals surface area contributed by atoms with Crippen LogP contribution in [0.1, 0.15) is 31.7 Å². The number of rotatable bonds is 8. The maximum Gasteiger partial charge on any atom is 0.306 e. The molecule has 1 aromatic rings. The van der Waals surface area contributed by atoms with Crippen molar-refractivity contribution in [3.63, 3.8) is 0 Å². The molecule has 0 aromatic heterocycles. The van der Waals surface area contributed by atoms with Crippen LogP contribution in [0.2, 0.25) is 0 Å². The van der Waals surface area contributed by atoms with Crippen molar-refractivity contribution in [1.82, 2.24) is 0 Å². The van der Waals surface area contributed by atoms with E-state index in [0.717, 1.165) is 24.2 Å². The first-order valence-corrected chi connectivity index (χ1v) is 6.64. The van der Waals surface area contributed by atoms with Crippen LogP contribution in [0.4, 0.5) is 0 Å². The average Bonchev–Trinajstić information content (AvgIpc) is 2.44. The minimum Gasteiger partial charge on any atom is -0.497 e. The summed E-state index contributed by atoms with van der Waals surface area (Å²) in [7, 11) is 1.62. The Balaban J connectivity index is 2.25. The zero-order chi connectivity index (χ0) is 14.1. The van der Waals surface area contributed by atoms with Gasteiger partial charge in [-0.15, -0.1) is 0 Å². The van der Waals surface area contributed by atoms with Crippen LogP contribution in [0.5, 0.6) is 5.75 Å². The fourth-order valence-electron chi connectivity index (χ4n) is 1.75. The topological polar surface area (TPSA) is 61.5 Å². The van der Waals surface area contributed by atoms with Crippen molar-refractivity contribution in [1.29, 1.82) is 0 Å². The molecule has 0 fully saturated rings.